The van der Waals surface area contributed by atoms with E-state index in [1.165, 1.54) is 5.01 Å². The third-order valence-corrected chi connectivity index (χ3v) is 6.99. The molecule has 5 rings (SSSR count). The van der Waals surface area contributed by atoms with Crippen LogP contribution in [0.1, 0.15) is 30.1 Å². The smallest absolute Gasteiger partial charge is 0.264 e. The second-order valence-electron chi connectivity index (χ2n) is 8.54. The Bertz CT molecular complexity index is 1220. The van der Waals surface area contributed by atoms with Gasteiger partial charge in [0.25, 0.3) is 5.91 Å². The zero-order valence-corrected chi connectivity index (χ0v) is 20.5. The first-order chi connectivity index (χ1) is 17.0. The van der Waals surface area contributed by atoms with Gasteiger partial charge in [-0.05, 0) is 66.7 Å². The average molecular weight is 487 g/mol. The summed E-state index contributed by atoms with van der Waals surface area (Å²) >= 11 is 5.64. The molecular formula is C27H26N4O3S. The fraction of sp³-hybridized carbons (Fsp3) is 0.222. The van der Waals surface area contributed by atoms with Gasteiger partial charge < -0.3 is 20.1 Å². The molecule has 1 fully saturated rings. The molecule has 0 aliphatic carbocycles. The van der Waals surface area contributed by atoms with Crippen molar-refractivity contribution in [2.24, 2.45) is 10.5 Å². The van der Waals surface area contributed by atoms with Crippen molar-refractivity contribution in [3.63, 3.8) is 0 Å². The van der Waals surface area contributed by atoms with Crippen LogP contribution in [0.5, 0.6) is 11.5 Å². The van der Waals surface area contributed by atoms with Crippen LogP contribution in [0.25, 0.3) is 0 Å². The summed E-state index contributed by atoms with van der Waals surface area (Å²) in [5, 5.41) is 13.5. The predicted molar refractivity (Wildman–Crippen MR) is 140 cm³/mol. The SMILES string of the molecule is COc1ccc([C@@H]2NC(=S)N[C@@H](c3ccc(OC)cc3)C23C(=O)N(c2ccccc2)N=C3C)cc1. The van der Waals surface area contributed by atoms with Crippen molar-refractivity contribution < 1.29 is 14.3 Å². The largest absolute Gasteiger partial charge is 0.497 e. The molecule has 8 heteroatoms. The van der Waals surface area contributed by atoms with E-state index in [1.54, 1.807) is 14.2 Å². The number of nitrogens with one attached hydrogen (secondary N) is 2. The van der Waals surface area contributed by atoms with Gasteiger partial charge in [0.05, 0.1) is 37.7 Å². The number of ether oxygens (including phenoxy) is 2. The highest BCUT2D eigenvalue weighted by Gasteiger charge is 2.62. The number of rotatable bonds is 5. The minimum Gasteiger partial charge on any atom is -0.497 e. The first-order valence-corrected chi connectivity index (χ1v) is 11.7. The number of thiocarbonyl (C=S) groups is 1. The molecule has 2 atom stereocenters. The molecule has 0 bridgehead atoms. The summed E-state index contributed by atoms with van der Waals surface area (Å²) < 4.78 is 10.7. The van der Waals surface area contributed by atoms with Crippen LogP contribution in [-0.2, 0) is 4.79 Å². The fourth-order valence-electron chi connectivity index (χ4n) is 5.00. The van der Waals surface area contributed by atoms with E-state index in [0.29, 0.717) is 16.5 Å². The van der Waals surface area contributed by atoms with Crippen molar-refractivity contribution in [1.29, 1.82) is 0 Å². The van der Waals surface area contributed by atoms with Crippen molar-refractivity contribution in [2.75, 3.05) is 19.2 Å². The van der Waals surface area contributed by atoms with Crippen LogP contribution in [0.2, 0.25) is 0 Å². The molecule has 0 unspecified atom stereocenters. The van der Waals surface area contributed by atoms with Crippen molar-refractivity contribution in [2.45, 2.75) is 19.0 Å². The molecular weight excluding hydrogens is 460 g/mol. The molecule has 0 radical (unpaired) electrons. The van der Waals surface area contributed by atoms with Gasteiger partial charge in [0.1, 0.15) is 16.9 Å². The van der Waals surface area contributed by atoms with Gasteiger partial charge in [0.15, 0.2) is 5.11 Å². The monoisotopic (exact) mass is 486 g/mol. The lowest BCUT2D eigenvalue weighted by Gasteiger charge is -2.47. The number of methoxy groups -OCH3 is 2. The van der Waals surface area contributed by atoms with E-state index in [0.717, 1.165) is 22.6 Å². The highest BCUT2D eigenvalue weighted by Crippen LogP contribution is 2.52. The standard InChI is InChI=1S/C27H26N4O3S/c1-17-27(25(32)31(30-17)20-7-5-4-6-8-20)23(18-9-13-21(33-2)14-10-18)28-26(35)29-24(27)19-11-15-22(34-3)16-12-19/h4-16,23-24H,1-3H3,(H2,28,29,35)/t23-,24-/m0/s1. The minimum absolute atomic E-state index is 0.134. The third-order valence-electron chi connectivity index (χ3n) is 6.76. The van der Waals surface area contributed by atoms with Crippen LogP contribution < -0.4 is 25.1 Å². The first-order valence-electron chi connectivity index (χ1n) is 11.3. The number of amides is 1. The van der Waals surface area contributed by atoms with Crippen molar-refractivity contribution in [1.82, 2.24) is 10.6 Å². The molecule has 178 valence electrons. The second kappa shape index (κ2) is 9.03. The van der Waals surface area contributed by atoms with Crippen LogP contribution in [0.15, 0.2) is 84.0 Å². The Morgan fingerprint density at radius 2 is 1.31 bits per heavy atom. The molecule has 2 N–H and O–H groups in total. The average Bonchev–Trinajstić information content (AvgIpc) is 3.16. The zero-order chi connectivity index (χ0) is 24.6. The van der Waals surface area contributed by atoms with E-state index in [2.05, 4.69) is 10.6 Å². The molecule has 2 aliphatic rings. The van der Waals surface area contributed by atoms with Gasteiger partial charge in [-0.25, -0.2) is 0 Å². The van der Waals surface area contributed by atoms with Gasteiger partial charge in [0.2, 0.25) is 0 Å². The molecule has 0 aromatic heterocycles. The highest BCUT2D eigenvalue weighted by molar-refractivity contribution is 7.80. The number of hydrogen-bond donors (Lipinski definition) is 2. The zero-order valence-electron chi connectivity index (χ0n) is 19.7. The van der Waals surface area contributed by atoms with Gasteiger partial charge >= 0.3 is 0 Å². The van der Waals surface area contributed by atoms with E-state index in [-0.39, 0.29) is 5.91 Å². The number of anilines is 1. The number of hydrazone groups is 1. The summed E-state index contributed by atoms with van der Waals surface area (Å²) in [6.07, 6.45) is 0. The van der Waals surface area contributed by atoms with E-state index >= 15 is 0 Å². The maximum Gasteiger partial charge on any atom is 0.264 e. The Balaban J connectivity index is 1.69. The minimum atomic E-state index is -1.08. The molecule has 1 saturated heterocycles. The van der Waals surface area contributed by atoms with E-state index in [1.807, 2.05) is 85.8 Å². The summed E-state index contributed by atoms with van der Waals surface area (Å²) in [5.41, 5.74) is 2.14. The summed E-state index contributed by atoms with van der Waals surface area (Å²) in [5.74, 6) is 1.34. The number of para-hydroxylation sites is 1. The Kier molecular flexibility index (Phi) is 5.90. The number of nitrogens with zero attached hydrogens (tertiary/aromatic N) is 2. The number of carbonyl (C=O) groups excluding carboxylic acids is 1. The fourth-order valence-corrected chi connectivity index (χ4v) is 5.24. The Hall–Kier alpha value is -3.91. The van der Waals surface area contributed by atoms with Gasteiger partial charge in [-0.15, -0.1) is 0 Å². The van der Waals surface area contributed by atoms with Crippen LogP contribution in [0.4, 0.5) is 5.69 Å². The maximum atomic E-state index is 14.5. The molecule has 3 aromatic carbocycles. The topological polar surface area (TPSA) is 75.2 Å². The van der Waals surface area contributed by atoms with Gasteiger partial charge in [-0.1, -0.05) is 42.5 Å². The Labute approximate surface area is 209 Å². The third kappa shape index (κ3) is 3.70. The van der Waals surface area contributed by atoms with Crippen LogP contribution in [-0.4, -0.2) is 31.0 Å². The quantitative estimate of drug-likeness (QED) is 0.522. The maximum absolute atomic E-state index is 14.5. The molecule has 0 saturated carbocycles. The molecule has 1 amide bonds. The summed E-state index contributed by atoms with van der Waals surface area (Å²) in [6, 6.07) is 23.9. The lowest BCUT2D eigenvalue weighted by molar-refractivity contribution is -0.126. The summed E-state index contributed by atoms with van der Waals surface area (Å²) in [6.45, 7) is 1.91. The molecule has 3 aromatic rings. The molecule has 35 heavy (non-hydrogen) atoms. The highest BCUT2D eigenvalue weighted by atomic mass is 32.1. The Morgan fingerprint density at radius 3 is 1.77 bits per heavy atom. The Morgan fingerprint density at radius 1 is 0.829 bits per heavy atom. The van der Waals surface area contributed by atoms with Crippen LogP contribution in [0.3, 0.4) is 0 Å². The van der Waals surface area contributed by atoms with E-state index in [4.69, 9.17) is 26.8 Å². The number of carbonyl (C=O) groups is 1. The van der Waals surface area contributed by atoms with E-state index in [9.17, 15) is 4.79 Å². The van der Waals surface area contributed by atoms with Gasteiger partial charge in [-0.2, -0.15) is 10.1 Å². The molecule has 7 nitrogen and oxygen atoms in total. The second-order valence-corrected chi connectivity index (χ2v) is 8.95. The van der Waals surface area contributed by atoms with Crippen molar-refractivity contribution in [3.05, 3.63) is 90.0 Å². The number of hydrogen-bond acceptors (Lipinski definition) is 5. The van der Waals surface area contributed by atoms with Crippen LogP contribution in [0, 0.1) is 5.41 Å². The molecule has 2 heterocycles. The summed E-state index contributed by atoms with van der Waals surface area (Å²) in [4.78, 5) is 14.5. The van der Waals surface area contributed by atoms with E-state index < -0.39 is 17.5 Å². The summed E-state index contributed by atoms with van der Waals surface area (Å²) in [7, 11) is 3.26. The van der Waals surface area contributed by atoms with Crippen molar-refractivity contribution >= 4 is 34.6 Å². The molecule has 1 spiro atoms. The first kappa shape index (κ1) is 22.9. The molecule has 2 aliphatic heterocycles. The normalized spacial score (nSPS) is 20.8. The predicted octanol–water partition coefficient (Wildman–Crippen LogP) is 4.37. The van der Waals surface area contributed by atoms with Crippen molar-refractivity contribution in [3.8, 4) is 11.5 Å². The lowest BCUT2D eigenvalue weighted by Crippen LogP contribution is -2.63. The number of benzene rings is 3. The van der Waals surface area contributed by atoms with Crippen LogP contribution >= 0.6 is 12.2 Å². The van der Waals surface area contributed by atoms with Gasteiger partial charge in [-0.3, -0.25) is 4.79 Å². The lowest BCUT2D eigenvalue weighted by atomic mass is 9.65. The van der Waals surface area contributed by atoms with Gasteiger partial charge in [0, 0.05) is 0 Å².